The fourth-order valence-electron chi connectivity index (χ4n) is 1.39. The minimum absolute atomic E-state index is 0.175. The van der Waals surface area contributed by atoms with Crippen LogP contribution in [0, 0.1) is 5.41 Å². The van der Waals surface area contributed by atoms with E-state index in [9.17, 15) is 18.4 Å². The molecule has 0 aliphatic carbocycles. The number of nitrogens with two attached hydrogens (primary N) is 1. The zero-order valence-electron chi connectivity index (χ0n) is 6.85. The van der Waals surface area contributed by atoms with Gasteiger partial charge in [-0.05, 0) is 12.8 Å². The van der Waals surface area contributed by atoms with Crippen LogP contribution in [-0.2, 0) is 9.59 Å². The van der Waals surface area contributed by atoms with E-state index in [4.69, 9.17) is 5.73 Å². The van der Waals surface area contributed by atoms with Gasteiger partial charge in [0, 0.05) is 6.54 Å². The second kappa shape index (κ2) is 3.27. The van der Waals surface area contributed by atoms with Crippen LogP contribution < -0.4 is 11.1 Å². The molecule has 1 heterocycles. The number of hydrogen-bond acceptors (Lipinski definition) is 2. The molecule has 0 unspecified atom stereocenters. The van der Waals surface area contributed by atoms with Crippen LogP contribution in [-0.4, -0.2) is 24.8 Å². The van der Waals surface area contributed by atoms with Crippen LogP contribution in [0.5, 0.6) is 0 Å². The van der Waals surface area contributed by atoms with E-state index in [0.29, 0.717) is 13.0 Å². The number of amides is 2. The Morgan fingerprint density at radius 2 is 2.23 bits per heavy atom. The molecule has 74 valence electrons. The van der Waals surface area contributed by atoms with Crippen LogP contribution in [0.15, 0.2) is 0 Å². The molecule has 1 aliphatic heterocycles. The summed E-state index contributed by atoms with van der Waals surface area (Å²) < 4.78 is 25.0. The van der Waals surface area contributed by atoms with Crippen molar-refractivity contribution in [3.05, 3.63) is 0 Å². The monoisotopic (exact) mass is 192 g/mol. The summed E-state index contributed by atoms with van der Waals surface area (Å²) in [5, 5.41) is 2.22. The highest BCUT2D eigenvalue weighted by molar-refractivity contribution is 6.05. The fourth-order valence-corrected chi connectivity index (χ4v) is 1.39. The van der Waals surface area contributed by atoms with Crippen molar-refractivity contribution >= 4 is 11.8 Å². The lowest BCUT2D eigenvalue weighted by molar-refractivity contribution is -0.155. The van der Waals surface area contributed by atoms with E-state index in [-0.39, 0.29) is 6.42 Å². The summed E-state index contributed by atoms with van der Waals surface area (Å²) in [6, 6.07) is 0. The van der Waals surface area contributed by atoms with Gasteiger partial charge in [0.05, 0.1) is 0 Å². The first-order valence-electron chi connectivity index (χ1n) is 3.88. The fraction of sp³-hybridized carbons (Fsp3) is 0.714. The van der Waals surface area contributed by atoms with Crippen molar-refractivity contribution in [3.8, 4) is 0 Å². The van der Waals surface area contributed by atoms with Gasteiger partial charge in [0.25, 0.3) is 6.43 Å². The molecule has 0 saturated carbocycles. The number of carbonyl (C=O) groups is 2. The minimum Gasteiger partial charge on any atom is -0.369 e. The molecular formula is C7H10F2N2O2. The molecule has 0 aromatic rings. The topological polar surface area (TPSA) is 72.2 Å². The van der Waals surface area contributed by atoms with Crippen LogP contribution in [0.3, 0.4) is 0 Å². The summed E-state index contributed by atoms with van der Waals surface area (Å²) in [4.78, 5) is 21.9. The Morgan fingerprint density at radius 1 is 1.62 bits per heavy atom. The van der Waals surface area contributed by atoms with Gasteiger partial charge in [-0.3, -0.25) is 9.59 Å². The van der Waals surface area contributed by atoms with Crippen LogP contribution in [0.2, 0.25) is 0 Å². The number of carbonyl (C=O) groups excluding carboxylic acids is 2. The number of primary amides is 1. The first kappa shape index (κ1) is 9.88. The smallest absolute Gasteiger partial charge is 0.261 e. The molecule has 0 aromatic heterocycles. The molecule has 3 N–H and O–H groups in total. The van der Waals surface area contributed by atoms with E-state index in [1.54, 1.807) is 0 Å². The highest BCUT2D eigenvalue weighted by atomic mass is 19.3. The molecule has 1 atom stereocenters. The Kier molecular flexibility index (Phi) is 2.49. The molecule has 6 heteroatoms. The molecule has 0 aromatic carbocycles. The quantitative estimate of drug-likeness (QED) is 0.586. The molecule has 0 radical (unpaired) electrons. The lowest BCUT2D eigenvalue weighted by atomic mass is 9.79. The van der Waals surface area contributed by atoms with Crippen molar-refractivity contribution in [2.45, 2.75) is 19.3 Å². The zero-order valence-corrected chi connectivity index (χ0v) is 6.85. The van der Waals surface area contributed by atoms with Gasteiger partial charge in [-0.2, -0.15) is 0 Å². The first-order chi connectivity index (χ1) is 6.01. The Labute approximate surface area is 73.5 Å². The van der Waals surface area contributed by atoms with Crippen molar-refractivity contribution in [1.29, 1.82) is 0 Å². The molecule has 4 nitrogen and oxygen atoms in total. The summed E-state index contributed by atoms with van der Waals surface area (Å²) in [7, 11) is 0. The molecule has 1 aliphatic rings. The standard InChI is InChI=1S/C7H10F2N2O2/c8-4(9)7(5(10)12)2-1-3-11-6(7)13/h4H,1-3H2,(H2,10,12)(H,11,13)/t7-/m1/s1. The Morgan fingerprint density at radius 3 is 2.54 bits per heavy atom. The van der Waals surface area contributed by atoms with Crippen molar-refractivity contribution in [2.24, 2.45) is 11.1 Å². The summed E-state index contributed by atoms with van der Waals surface area (Å²) in [6.45, 7) is 0.320. The van der Waals surface area contributed by atoms with Crippen molar-refractivity contribution in [3.63, 3.8) is 0 Å². The number of hydrogen-bond donors (Lipinski definition) is 2. The molecular weight excluding hydrogens is 182 g/mol. The number of rotatable bonds is 2. The number of nitrogens with one attached hydrogen (secondary N) is 1. The van der Waals surface area contributed by atoms with E-state index in [2.05, 4.69) is 5.32 Å². The number of halogens is 2. The Balaban J connectivity index is 3.00. The normalized spacial score (nSPS) is 28.7. The average Bonchev–Trinajstić information content (AvgIpc) is 2.04. The maximum atomic E-state index is 12.5. The summed E-state index contributed by atoms with van der Waals surface area (Å²) in [5.41, 5.74) is 2.51. The highest BCUT2D eigenvalue weighted by Gasteiger charge is 2.53. The molecule has 0 bridgehead atoms. The number of alkyl halides is 2. The summed E-state index contributed by atoms with van der Waals surface area (Å²) in [5.74, 6) is -2.21. The Hall–Kier alpha value is -1.20. The van der Waals surface area contributed by atoms with Crippen LogP contribution in [0.4, 0.5) is 8.78 Å². The number of piperidine rings is 1. The zero-order chi connectivity index (χ0) is 10.1. The van der Waals surface area contributed by atoms with Gasteiger partial charge in [-0.1, -0.05) is 0 Å². The minimum atomic E-state index is -3.04. The van der Waals surface area contributed by atoms with Crippen molar-refractivity contribution in [1.82, 2.24) is 5.32 Å². The molecule has 1 rings (SSSR count). The van der Waals surface area contributed by atoms with Gasteiger partial charge in [0.15, 0.2) is 5.41 Å². The van der Waals surface area contributed by atoms with E-state index >= 15 is 0 Å². The van der Waals surface area contributed by atoms with E-state index < -0.39 is 23.7 Å². The van der Waals surface area contributed by atoms with Gasteiger partial charge in [0.2, 0.25) is 11.8 Å². The Bertz CT molecular complexity index is 245. The predicted molar refractivity (Wildman–Crippen MR) is 39.9 cm³/mol. The van der Waals surface area contributed by atoms with Gasteiger partial charge in [-0.15, -0.1) is 0 Å². The van der Waals surface area contributed by atoms with Crippen molar-refractivity contribution < 1.29 is 18.4 Å². The first-order valence-corrected chi connectivity index (χ1v) is 3.88. The van der Waals surface area contributed by atoms with Crippen LogP contribution in [0.25, 0.3) is 0 Å². The molecule has 1 saturated heterocycles. The maximum Gasteiger partial charge on any atom is 0.261 e. The highest BCUT2D eigenvalue weighted by Crippen LogP contribution is 2.33. The van der Waals surface area contributed by atoms with Gasteiger partial charge in [-0.25, -0.2) is 8.78 Å². The third kappa shape index (κ3) is 1.36. The third-order valence-electron chi connectivity index (χ3n) is 2.25. The molecule has 2 amide bonds. The lowest BCUT2D eigenvalue weighted by Crippen LogP contribution is -2.57. The van der Waals surface area contributed by atoms with Crippen LogP contribution >= 0.6 is 0 Å². The molecule has 13 heavy (non-hydrogen) atoms. The second-order valence-electron chi connectivity index (χ2n) is 3.00. The molecule has 1 fully saturated rings. The van der Waals surface area contributed by atoms with E-state index in [1.165, 1.54) is 0 Å². The van der Waals surface area contributed by atoms with E-state index in [0.717, 1.165) is 0 Å². The predicted octanol–water partition coefficient (Wildman–Crippen LogP) is -0.367. The third-order valence-corrected chi connectivity index (χ3v) is 2.25. The summed E-state index contributed by atoms with van der Waals surface area (Å²) in [6.07, 6.45) is -2.87. The average molecular weight is 192 g/mol. The molecule has 0 spiro atoms. The van der Waals surface area contributed by atoms with Gasteiger partial charge >= 0.3 is 0 Å². The lowest BCUT2D eigenvalue weighted by Gasteiger charge is -2.31. The largest absolute Gasteiger partial charge is 0.369 e. The maximum absolute atomic E-state index is 12.5. The SMILES string of the molecule is NC(=O)[C@]1(C(F)F)CCCNC1=O. The van der Waals surface area contributed by atoms with Gasteiger partial charge in [0.1, 0.15) is 0 Å². The van der Waals surface area contributed by atoms with Crippen LogP contribution in [0.1, 0.15) is 12.8 Å². The van der Waals surface area contributed by atoms with Crippen molar-refractivity contribution in [2.75, 3.05) is 6.54 Å². The summed E-state index contributed by atoms with van der Waals surface area (Å²) >= 11 is 0. The van der Waals surface area contributed by atoms with Gasteiger partial charge < -0.3 is 11.1 Å². The van der Waals surface area contributed by atoms with E-state index in [1.807, 2.05) is 0 Å². The second-order valence-corrected chi connectivity index (χ2v) is 3.00.